The first-order chi connectivity index (χ1) is 10.9. The van der Waals surface area contributed by atoms with Crippen molar-refractivity contribution in [2.45, 2.75) is 63.9 Å². The largest absolute Gasteiger partial charge is 0.390 e. The Morgan fingerprint density at radius 2 is 2.09 bits per heavy atom. The third-order valence-electron chi connectivity index (χ3n) is 5.92. The molecule has 4 saturated carbocycles. The van der Waals surface area contributed by atoms with Crippen LogP contribution in [-0.2, 0) is 11.2 Å². The summed E-state index contributed by atoms with van der Waals surface area (Å²) in [7, 11) is 0. The monoisotopic (exact) mass is 319 g/mol. The average molecular weight is 319 g/mol. The quantitative estimate of drug-likeness (QED) is 0.863. The Bertz CT molecular complexity index is 598. The maximum atomic E-state index is 12.4. The molecule has 6 nitrogen and oxygen atoms in total. The first-order valence-electron chi connectivity index (χ1n) is 8.72. The Hall–Kier alpha value is -1.43. The van der Waals surface area contributed by atoms with Gasteiger partial charge in [-0.3, -0.25) is 4.79 Å². The lowest BCUT2D eigenvalue weighted by Gasteiger charge is -2.60. The first kappa shape index (κ1) is 15.1. The summed E-state index contributed by atoms with van der Waals surface area (Å²) in [6.45, 7) is 2.30. The highest BCUT2D eigenvalue weighted by Gasteiger charge is 2.57. The number of carbonyl (C=O) groups is 1. The Morgan fingerprint density at radius 3 is 2.70 bits per heavy atom. The molecule has 0 radical (unpaired) electrons. The fourth-order valence-electron chi connectivity index (χ4n) is 5.76. The summed E-state index contributed by atoms with van der Waals surface area (Å²) in [5, 5.41) is 17.5. The van der Waals surface area contributed by atoms with E-state index in [9.17, 15) is 9.90 Å². The molecular weight excluding hydrogens is 294 g/mol. The van der Waals surface area contributed by atoms with Crippen LogP contribution in [0.5, 0.6) is 0 Å². The summed E-state index contributed by atoms with van der Waals surface area (Å²) in [5.74, 6) is 2.51. The van der Waals surface area contributed by atoms with E-state index in [-0.39, 0.29) is 11.3 Å². The zero-order valence-corrected chi connectivity index (χ0v) is 13.7. The molecule has 0 spiro atoms. The normalized spacial score (nSPS) is 38.0. The number of rotatable bonds is 5. The summed E-state index contributed by atoms with van der Waals surface area (Å²) in [6.07, 6.45) is 7.29. The molecule has 4 fully saturated rings. The molecule has 4 aliphatic rings. The minimum absolute atomic E-state index is 0.0317. The van der Waals surface area contributed by atoms with Crippen LogP contribution in [0.2, 0.25) is 0 Å². The Labute approximate surface area is 136 Å². The maximum absolute atomic E-state index is 12.4. The molecule has 4 bridgehead atoms. The van der Waals surface area contributed by atoms with E-state index in [0.717, 1.165) is 32.1 Å². The van der Waals surface area contributed by atoms with Crippen molar-refractivity contribution in [2.75, 3.05) is 6.54 Å². The number of amides is 1. The number of carbonyl (C=O) groups excluding carboxylic acids is 1. The predicted octanol–water partition coefficient (Wildman–Crippen LogP) is 1.76. The molecule has 2 N–H and O–H groups in total. The average Bonchev–Trinajstić information content (AvgIpc) is 2.80. The maximum Gasteiger partial charge on any atom is 0.228 e. The van der Waals surface area contributed by atoms with Gasteiger partial charge in [0, 0.05) is 19.4 Å². The zero-order chi connectivity index (χ0) is 16.1. The van der Waals surface area contributed by atoms with E-state index in [1.165, 1.54) is 6.42 Å². The number of nitrogens with zero attached hydrogens (tertiary/aromatic N) is 2. The van der Waals surface area contributed by atoms with Gasteiger partial charge in [0.2, 0.25) is 11.8 Å². The summed E-state index contributed by atoms with van der Waals surface area (Å²) < 4.78 is 5.05. The van der Waals surface area contributed by atoms with E-state index in [4.69, 9.17) is 4.52 Å². The number of hydrogen-bond acceptors (Lipinski definition) is 5. The molecule has 1 heterocycles. The lowest BCUT2D eigenvalue weighted by Crippen LogP contribution is -2.56. The highest BCUT2D eigenvalue weighted by molar-refractivity contribution is 5.76. The number of nitrogens with one attached hydrogen (secondary N) is 1. The van der Waals surface area contributed by atoms with E-state index >= 15 is 0 Å². The lowest BCUT2D eigenvalue weighted by atomic mass is 9.47. The van der Waals surface area contributed by atoms with Crippen LogP contribution in [-0.4, -0.2) is 33.3 Å². The molecule has 1 aromatic heterocycles. The highest BCUT2D eigenvalue weighted by atomic mass is 16.5. The van der Waals surface area contributed by atoms with Crippen LogP contribution in [0.3, 0.4) is 0 Å². The van der Waals surface area contributed by atoms with Crippen molar-refractivity contribution in [3.63, 3.8) is 0 Å². The minimum atomic E-state index is -0.494. The minimum Gasteiger partial charge on any atom is -0.390 e. The van der Waals surface area contributed by atoms with Crippen molar-refractivity contribution in [3.8, 4) is 0 Å². The molecule has 23 heavy (non-hydrogen) atoms. The summed E-state index contributed by atoms with van der Waals surface area (Å²) in [5.41, 5.74) is -0.463. The number of hydrogen-bond donors (Lipinski definition) is 2. The fraction of sp³-hybridized carbons (Fsp3) is 0.824. The van der Waals surface area contributed by atoms with E-state index in [0.29, 0.717) is 42.9 Å². The number of aryl methyl sites for hydroxylation is 1. The number of aromatic nitrogens is 2. The zero-order valence-electron chi connectivity index (χ0n) is 13.7. The summed E-state index contributed by atoms with van der Waals surface area (Å²) in [4.78, 5) is 16.5. The molecule has 0 aliphatic heterocycles. The van der Waals surface area contributed by atoms with Crippen molar-refractivity contribution < 1.29 is 14.4 Å². The molecule has 5 rings (SSSR count). The molecule has 0 unspecified atom stereocenters. The van der Waals surface area contributed by atoms with Gasteiger partial charge in [0.05, 0.1) is 5.60 Å². The summed E-state index contributed by atoms with van der Waals surface area (Å²) in [6, 6.07) is 0. The van der Waals surface area contributed by atoms with Crippen LogP contribution < -0.4 is 5.32 Å². The topological polar surface area (TPSA) is 88.2 Å². The smallest absolute Gasteiger partial charge is 0.228 e. The second kappa shape index (κ2) is 5.30. The Morgan fingerprint density at radius 1 is 1.35 bits per heavy atom. The molecule has 6 heteroatoms. The van der Waals surface area contributed by atoms with Crippen molar-refractivity contribution in [3.05, 3.63) is 11.7 Å². The van der Waals surface area contributed by atoms with Gasteiger partial charge in [-0.25, -0.2) is 0 Å². The van der Waals surface area contributed by atoms with Crippen LogP contribution in [0.1, 0.15) is 56.7 Å². The second-order valence-corrected chi connectivity index (χ2v) is 8.20. The van der Waals surface area contributed by atoms with Crippen LogP contribution in [0.25, 0.3) is 0 Å². The highest BCUT2D eigenvalue weighted by Crippen LogP contribution is 2.62. The first-order valence-corrected chi connectivity index (χ1v) is 8.72. The van der Waals surface area contributed by atoms with E-state index in [1.54, 1.807) is 6.92 Å². The molecule has 1 amide bonds. The Kier molecular flexibility index (Phi) is 3.48. The predicted molar refractivity (Wildman–Crippen MR) is 82.4 cm³/mol. The van der Waals surface area contributed by atoms with Crippen LogP contribution in [0.4, 0.5) is 0 Å². The third kappa shape index (κ3) is 3.01. The SMILES string of the molecule is Cc1noc(CCNC(=O)CC23C[C@H]4C[C@@H](CC(O)(C4)C2)C3)n1. The van der Waals surface area contributed by atoms with Gasteiger partial charge < -0.3 is 14.9 Å². The molecular formula is C17H25N3O3. The van der Waals surface area contributed by atoms with Crippen molar-refractivity contribution in [2.24, 2.45) is 17.3 Å². The van der Waals surface area contributed by atoms with E-state index < -0.39 is 5.60 Å². The van der Waals surface area contributed by atoms with E-state index in [1.807, 2.05) is 0 Å². The van der Waals surface area contributed by atoms with Crippen molar-refractivity contribution >= 4 is 5.91 Å². The molecule has 126 valence electrons. The Balaban J connectivity index is 1.32. The van der Waals surface area contributed by atoms with Gasteiger partial charge in [0.1, 0.15) is 0 Å². The third-order valence-corrected chi connectivity index (χ3v) is 5.92. The van der Waals surface area contributed by atoms with Gasteiger partial charge in [-0.2, -0.15) is 4.98 Å². The van der Waals surface area contributed by atoms with Gasteiger partial charge in [-0.05, 0) is 62.7 Å². The van der Waals surface area contributed by atoms with Gasteiger partial charge in [-0.1, -0.05) is 5.16 Å². The van der Waals surface area contributed by atoms with Gasteiger partial charge in [0.25, 0.3) is 0 Å². The van der Waals surface area contributed by atoms with Crippen LogP contribution >= 0.6 is 0 Å². The molecule has 2 atom stereocenters. The van der Waals surface area contributed by atoms with Gasteiger partial charge in [0.15, 0.2) is 5.82 Å². The standard InChI is InChI=1S/C17H25N3O3/c1-11-19-15(23-20-11)2-3-18-14(21)9-16-5-12-4-13(6-16)8-17(22,7-12)10-16/h12-13,22H,2-10H2,1H3,(H,18,21)/t12-,13-,16?,17?/m1/s1. The van der Waals surface area contributed by atoms with Gasteiger partial charge in [-0.15, -0.1) is 0 Å². The number of aliphatic hydroxyl groups is 1. The van der Waals surface area contributed by atoms with Gasteiger partial charge >= 0.3 is 0 Å². The van der Waals surface area contributed by atoms with Crippen LogP contribution in [0.15, 0.2) is 4.52 Å². The molecule has 0 aromatic carbocycles. The van der Waals surface area contributed by atoms with Crippen LogP contribution in [0, 0.1) is 24.2 Å². The van der Waals surface area contributed by atoms with Crippen molar-refractivity contribution in [1.29, 1.82) is 0 Å². The molecule has 0 saturated heterocycles. The molecule has 4 aliphatic carbocycles. The van der Waals surface area contributed by atoms with Crippen molar-refractivity contribution in [1.82, 2.24) is 15.5 Å². The molecule has 1 aromatic rings. The second-order valence-electron chi connectivity index (χ2n) is 8.20. The lowest BCUT2D eigenvalue weighted by molar-refractivity contribution is -0.169. The summed E-state index contributed by atoms with van der Waals surface area (Å²) >= 11 is 0. The van der Waals surface area contributed by atoms with E-state index in [2.05, 4.69) is 15.5 Å². The fourth-order valence-corrected chi connectivity index (χ4v) is 5.76.